The van der Waals surface area contributed by atoms with E-state index in [2.05, 4.69) is 37.2 Å². The SMILES string of the molecule is CN(C)CC1CCCC(=Cc2ccccc2)C1(O)Cc1ccccc1Cl. The molecule has 0 saturated heterocycles. The van der Waals surface area contributed by atoms with Gasteiger partial charge in [0.15, 0.2) is 0 Å². The molecule has 1 aliphatic rings. The lowest BCUT2D eigenvalue weighted by Crippen LogP contribution is -2.48. The molecule has 1 saturated carbocycles. The second-order valence-corrected chi connectivity index (χ2v) is 8.03. The zero-order valence-electron chi connectivity index (χ0n) is 15.7. The van der Waals surface area contributed by atoms with E-state index in [0.29, 0.717) is 6.42 Å². The van der Waals surface area contributed by atoms with Crippen molar-refractivity contribution in [3.63, 3.8) is 0 Å². The van der Waals surface area contributed by atoms with Gasteiger partial charge in [-0.3, -0.25) is 0 Å². The van der Waals surface area contributed by atoms with Crippen molar-refractivity contribution in [2.24, 2.45) is 5.92 Å². The van der Waals surface area contributed by atoms with E-state index in [1.54, 1.807) is 0 Å². The average molecular weight is 370 g/mol. The van der Waals surface area contributed by atoms with Gasteiger partial charge in [0.05, 0.1) is 5.60 Å². The van der Waals surface area contributed by atoms with Gasteiger partial charge in [0.1, 0.15) is 0 Å². The fourth-order valence-corrected chi connectivity index (χ4v) is 4.28. The average Bonchev–Trinajstić information content (AvgIpc) is 2.61. The topological polar surface area (TPSA) is 23.5 Å². The van der Waals surface area contributed by atoms with E-state index in [0.717, 1.165) is 47.5 Å². The molecule has 2 aromatic rings. The van der Waals surface area contributed by atoms with Crippen LogP contribution in [0.4, 0.5) is 0 Å². The van der Waals surface area contributed by atoms with Crippen LogP contribution in [0.15, 0.2) is 60.2 Å². The fourth-order valence-electron chi connectivity index (χ4n) is 4.08. The Labute approximate surface area is 162 Å². The van der Waals surface area contributed by atoms with E-state index in [1.165, 1.54) is 0 Å². The van der Waals surface area contributed by atoms with Crippen LogP contribution in [0.25, 0.3) is 6.08 Å². The van der Waals surface area contributed by atoms with E-state index in [4.69, 9.17) is 11.6 Å². The Hall–Kier alpha value is -1.61. The van der Waals surface area contributed by atoms with Crippen molar-refractivity contribution in [2.75, 3.05) is 20.6 Å². The maximum atomic E-state index is 11.9. The van der Waals surface area contributed by atoms with Gasteiger partial charge in [0.2, 0.25) is 0 Å². The summed E-state index contributed by atoms with van der Waals surface area (Å²) in [7, 11) is 4.15. The lowest BCUT2D eigenvalue weighted by Gasteiger charge is -2.44. The standard InChI is InChI=1S/C23H28ClNO/c1-25(2)17-21-13-8-12-20(15-18-9-4-3-5-10-18)23(21,26)16-19-11-6-7-14-22(19)24/h3-7,9-11,14-15,21,26H,8,12-13,16-17H2,1-2H3. The molecule has 138 valence electrons. The Morgan fingerprint density at radius 2 is 1.81 bits per heavy atom. The van der Waals surface area contributed by atoms with Crippen molar-refractivity contribution in [2.45, 2.75) is 31.3 Å². The van der Waals surface area contributed by atoms with Crippen molar-refractivity contribution in [1.29, 1.82) is 0 Å². The Kier molecular flexibility index (Phi) is 6.18. The third-order valence-electron chi connectivity index (χ3n) is 5.37. The normalized spacial score (nSPS) is 25.0. The largest absolute Gasteiger partial charge is 0.385 e. The summed E-state index contributed by atoms with van der Waals surface area (Å²) in [6.07, 6.45) is 5.82. The molecule has 2 nitrogen and oxygen atoms in total. The molecule has 2 aromatic carbocycles. The van der Waals surface area contributed by atoms with Crippen molar-refractivity contribution in [1.82, 2.24) is 4.90 Å². The second kappa shape index (κ2) is 8.39. The Morgan fingerprint density at radius 3 is 2.50 bits per heavy atom. The van der Waals surface area contributed by atoms with Crippen LogP contribution in [0.3, 0.4) is 0 Å². The third-order valence-corrected chi connectivity index (χ3v) is 5.74. The predicted molar refractivity (Wildman–Crippen MR) is 110 cm³/mol. The highest BCUT2D eigenvalue weighted by Gasteiger charge is 2.43. The van der Waals surface area contributed by atoms with E-state index >= 15 is 0 Å². The molecule has 1 fully saturated rings. The van der Waals surface area contributed by atoms with Gasteiger partial charge in [0.25, 0.3) is 0 Å². The summed E-state index contributed by atoms with van der Waals surface area (Å²) in [6, 6.07) is 18.2. The number of rotatable bonds is 5. The number of benzene rings is 2. The summed E-state index contributed by atoms with van der Waals surface area (Å²) in [4.78, 5) is 2.17. The number of halogens is 1. The minimum Gasteiger partial charge on any atom is -0.385 e. The number of hydrogen-bond acceptors (Lipinski definition) is 2. The molecule has 0 bridgehead atoms. The molecule has 1 aliphatic carbocycles. The van der Waals surface area contributed by atoms with Gasteiger partial charge in [0, 0.05) is 23.9 Å². The molecule has 2 unspecified atom stereocenters. The van der Waals surface area contributed by atoms with Crippen LogP contribution < -0.4 is 0 Å². The third kappa shape index (κ3) is 4.37. The monoisotopic (exact) mass is 369 g/mol. The van der Waals surface area contributed by atoms with Crippen LogP contribution in [0.2, 0.25) is 5.02 Å². The summed E-state index contributed by atoms with van der Waals surface area (Å²) in [5, 5.41) is 12.7. The van der Waals surface area contributed by atoms with Crippen molar-refractivity contribution in [3.8, 4) is 0 Å². The van der Waals surface area contributed by atoms with Gasteiger partial charge >= 0.3 is 0 Å². The van der Waals surface area contributed by atoms with Crippen molar-refractivity contribution >= 4 is 17.7 Å². The first kappa shape index (κ1) is 19.2. The minimum atomic E-state index is -0.872. The Balaban J connectivity index is 2.01. The van der Waals surface area contributed by atoms with Gasteiger partial charge in [-0.1, -0.05) is 66.2 Å². The van der Waals surface area contributed by atoms with Crippen LogP contribution in [-0.4, -0.2) is 36.2 Å². The minimum absolute atomic E-state index is 0.192. The zero-order valence-corrected chi connectivity index (χ0v) is 16.4. The number of hydrogen-bond donors (Lipinski definition) is 1. The highest BCUT2D eigenvalue weighted by molar-refractivity contribution is 6.31. The van der Waals surface area contributed by atoms with Crippen LogP contribution >= 0.6 is 11.6 Å². The first-order valence-corrected chi connectivity index (χ1v) is 9.73. The van der Waals surface area contributed by atoms with Crippen LogP contribution in [0, 0.1) is 5.92 Å². The van der Waals surface area contributed by atoms with E-state index < -0.39 is 5.60 Å². The lowest BCUT2D eigenvalue weighted by atomic mass is 9.68. The molecular weight excluding hydrogens is 342 g/mol. The molecule has 0 amide bonds. The highest BCUT2D eigenvalue weighted by Crippen LogP contribution is 2.42. The van der Waals surface area contributed by atoms with E-state index in [-0.39, 0.29) is 5.92 Å². The van der Waals surface area contributed by atoms with Crippen molar-refractivity contribution in [3.05, 3.63) is 76.3 Å². The first-order valence-electron chi connectivity index (χ1n) is 9.35. The van der Waals surface area contributed by atoms with Gasteiger partial charge in [-0.15, -0.1) is 0 Å². The van der Waals surface area contributed by atoms with E-state index in [9.17, 15) is 5.11 Å². The Bertz CT molecular complexity index is 756. The summed E-state index contributed by atoms with van der Waals surface area (Å²) in [5.74, 6) is 0.192. The summed E-state index contributed by atoms with van der Waals surface area (Å²) < 4.78 is 0. The highest BCUT2D eigenvalue weighted by atomic mass is 35.5. The van der Waals surface area contributed by atoms with Crippen LogP contribution in [-0.2, 0) is 6.42 Å². The van der Waals surface area contributed by atoms with Gasteiger partial charge in [-0.05, 0) is 56.1 Å². The Morgan fingerprint density at radius 1 is 1.12 bits per heavy atom. The van der Waals surface area contributed by atoms with Crippen molar-refractivity contribution < 1.29 is 5.11 Å². The molecule has 2 atom stereocenters. The molecule has 26 heavy (non-hydrogen) atoms. The summed E-state index contributed by atoms with van der Waals surface area (Å²) >= 11 is 6.43. The summed E-state index contributed by atoms with van der Waals surface area (Å²) in [6.45, 7) is 0.868. The maximum absolute atomic E-state index is 11.9. The molecule has 0 aromatic heterocycles. The van der Waals surface area contributed by atoms with Gasteiger partial charge < -0.3 is 10.0 Å². The van der Waals surface area contributed by atoms with Crippen LogP contribution in [0.5, 0.6) is 0 Å². The number of aliphatic hydroxyl groups is 1. The zero-order chi connectivity index (χ0) is 18.6. The number of nitrogens with zero attached hydrogens (tertiary/aromatic N) is 1. The molecular formula is C23H28ClNO. The molecule has 3 heteroatoms. The molecule has 0 spiro atoms. The van der Waals surface area contributed by atoms with Gasteiger partial charge in [-0.25, -0.2) is 0 Å². The van der Waals surface area contributed by atoms with Crippen LogP contribution in [0.1, 0.15) is 30.4 Å². The molecule has 0 radical (unpaired) electrons. The molecule has 0 heterocycles. The second-order valence-electron chi connectivity index (χ2n) is 7.62. The smallest absolute Gasteiger partial charge is 0.0940 e. The molecule has 0 aliphatic heterocycles. The van der Waals surface area contributed by atoms with E-state index in [1.807, 2.05) is 42.5 Å². The molecule has 1 N–H and O–H groups in total. The summed E-state index contributed by atoms with van der Waals surface area (Å²) in [5.41, 5.74) is 2.41. The first-order chi connectivity index (χ1) is 12.5. The quantitative estimate of drug-likeness (QED) is 0.796. The predicted octanol–water partition coefficient (Wildman–Crippen LogP) is 5.06. The fraction of sp³-hybridized carbons (Fsp3) is 0.391. The molecule has 3 rings (SSSR count). The maximum Gasteiger partial charge on any atom is 0.0940 e. The van der Waals surface area contributed by atoms with Gasteiger partial charge in [-0.2, -0.15) is 0 Å². The lowest BCUT2D eigenvalue weighted by molar-refractivity contribution is -0.0123.